The summed E-state index contributed by atoms with van der Waals surface area (Å²) in [6.07, 6.45) is 1.91. The number of benzene rings is 1. The number of nitrogens with one attached hydrogen (secondary N) is 2. The first-order valence-corrected chi connectivity index (χ1v) is 7.18. The zero-order chi connectivity index (χ0) is 14.4. The van der Waals surface area contributed by atoms with Gasteiger partial charge in [0, 0.05) is 6.07 Å². The summed E-state index contributed by atoms with van der Waals surface area (Å²) in [4.78, 5) is 12.2. The molecule has 5 heteroatoms. The van der Waals surface area contributed by atoms with Crippen LogP contribution < -0.4 is 20.1 Å². The van der Waals surface area contributed by atoms with Crippen molar-refractivity contribution in [2.24, 2.45) is 0 Å². The Hall–Kier alpha value is -1.75. The first-order valence-electron chi connectivity index (χ1n) is 7.18. The predicted octanol–water partition coefficient (Wildman–Crippen LogP) is 2.17. The first-order chi connectivity index (χ1) is 9.74. The van der Waals surface area contributed by atoms with Crippen molar-refractivity contribution in [2.45, 2.75) is 32.7 Å². The molecule has 0 aromatic heterocycles. The zero-order valence-corrected chi connectivity index (χ0v) is 12.1. The van der Waals surface area contributed by atoms with Gasteiger partial charge >= 0.3 is 0 Å². The highest BCUT2D eigenvalue weighted by atomic mass is 16.5. The van der Waals surface area contributed by atoms with Crippen molar-refractivity contribution in [3.8, 4) is 11.5 Å². The van der Waals surface area contributed by atoms with E-state index in [1.165, 1.54) is 0 Å². The van der Waals surface area contributed by atoms with Gasteiger partial charge < -0.3 is 20.1 Å². The molecule has 1 amide bonds. The summed E-state index contributed by atoms with van der Waals surface area (Å²) < 4.78 is 11.0. The Morgan fingerprint density at radius 1 is 1.35 bits per heavy atom. The van der Waals surface area contributed by atoms with E-state index in [2.05, 4.69) is 10.6 Å². The van der Waals surface area contributed by atoms with Crippen LogP contribution in [0.2, 0.25) is 0 Å². The molecule has 1 fully saturated rings. The smallest absolute Gasteiger partial charge is 0.241 e. The Bertz CT molecular complexity index is 456. The van der Waals surface area contributed by atoms with Crippen LogP contribution in [0.5, 0.6) is 11.5 Å². The van der Waals surface area contributed by atoms with Gasteiger partial charge in [-0.15, -0.1) is 0 Å². The summed E-state index contributed by atoms with van der Waals surface area (Å²) in [5, 5.41) is 6.11. The average Bonchev–Trinajstić information content (AvgIpc) is 2.96. The van der Waals surface area contributed by atoms with Crippen LogP contribution in [-0.2, 0) is 4.79 Å². The first kappa shape index (κ1) is 14.7. The maximum Gasteiger partial charge on any atom is 0.241 e. The number of carbonyl (C=O) groups is 1. The minimum atomic E-state index is -0.111. The highest BCUT2D eigenvalue weighted by Crippen LogP contribution is 2.29. The number of hydrogen-bond acceptors (Lipinski definition) is 4. The van der Waals surface area contributed by atoms with E-state index in [0.717, 1.165) is 25.1 Å². The Balaban J connectivity index is 2.13. The normalized spacial score (nSPS) is 17.8. The molecule has 0 bridgehead atoms. The molecule has 110 valence electrons. The predicted molar refractivity (Wildman–Crippen MR) is 78.4 cm³/mol. The molecule has 0 saturated carbocycles. The number of rotatable bonds is 6. The van der Waals surface area contributed by atoms with Crippen molar-refractivity contribution in [1.82, 2.24) is 5.32 Å². The highest BCUT2D eigenvalue weighted by Gasteiger charge is 2.23. The van der Waals surface area contributed by atoms with E-state index in [-0.39, 0.29) is 11.9 Å². The van der Waals surface area contributed by atoms with Crippen molar-refractivity contribution in [2.75, 3.05) is 25.1 Å². The van der Waals surface area contributed by atoms with Crippen molar-refractivity contribution in [3.05, 3.63) is 18.2 Å². The topological polar surface area (TPSA) is 59.6 Å². The fourth-order valence-corrected chi connectivity index (χ4v) is 2.27. The number of amides is 1. The van der Waals surface area contributed by atoms with Crippen molar-refractivity contribution in [3.63, 3.8) is 0 Å². The van der Waals surface area contributed by atoms with Gasteiger partial charge in [0.2, 0.25) is 5.91 Å². The molecule has 5 nitrogen and oxygen atoms in total. The van der Waals surface area contributed by atoms with E-state index in [9.17, 15) is 4.79 Å². The third kappa shape index (κ3) is 3.63. The van der Waals surface area contributed by atoms with Gasteiger partial charge in [-0.25, -0.2) is 0 Å². The molecule has 20 heavy (non-hydrogen) atoms. The minimum absolute atomic E-state index is 0.0166. The summed E-state index contributed by atoms with van der Waals surface area (Å²) in [6, 6.07) is 5.37. The van der Waals surface area contributed by atoms with E-state index < -0.39 is 0 Å². The molecular formula is C15H22N2O3. The molecule has 1 heterocycles. The summed E-state index contributed by atoms with van der Waals surface area (Å²) in [6.45, 7) is 5.89. The van der Waals surface area contributed by atoms with Gasteiger partial charge in [-0.1, -0.05) is 0 Å². The fourth-order valence-electron chi connectivity index (χ4n) is 2.27. The lowest BCUT2D eigenvalue weighted by atomic mass is 10.2. The molecule has 1 aromatic carbocycles. The van der Waals surface area contributed by atoms with Crippen molar-refractivity contribution < 1.29 is 14.3 Å². The van der Waals surface area contributed by atoms with Crippen molar-refractivity contribution in [1.29, 1.82) is 0 Å². The Kier molecular flexibility index (Phi) is 5.24. The number of ether oxygens (including phenoxy) is 2. The number of hydrogen-bond donors (Lipinski definition) is 2. The Morgan fingerprint density at radius 3 is 2.80 bits per heavy atom. The van der Waals surface area contributed by atoms with E-state index in [0.29, 0.717) is 24.7 Å². The number of anilines is 1. The van der Waals surface area contributed by atoms with Crippen LogP contribution in [0.25, 0.3) is 0 Å². The molecule has 1 atom stereocenters. The lowest BCUT2D eigenvalue weighted by molar-refractivity contribution is -0.117. The summed E-state index contributed by atoms with van der Waals surface area (Å²) in [5.41, 5.74) is 0.663. The van der Waals surface area contributed by atoms with Crippen LogP contribution >= 0.6 is 0 Å². The molecule has 1 aromatic rings. The summed E-state index contributed by atoms with van der Waals surface area (Å²) in [5.74, 6) is 1.38. The van der Waals surface area contributed by atoms with Crippen molar-refractivity contribution >= 4 is 11.6 Å². The lowest BCUT2D eigenvalue weighted by Crippen LogP contribution is -2.35. The maximum absolute atomic E-state index is 12.2. The van der Waals surface area contributed by atoms with Crippen LogP contribution in [0, 0.1) is 0 Å². The summed E-state index contributed by atoms with van der Waals surface area (Å²) >= 11 is 0. The third-order valence-electron chi connectivity index (χ3n) is 3.20. The zero-order valence-electron chi connectivity index (χ0n) is 12.1. The standard InChI is InChI=1S/C15H22N2O3/c1-3-19-11-7-8-14(20-4-2)13(10-11)17-15(18)12-6-5-9-16-12/h7-8,10,12,16H,3-6,9H2,1-2H3,(H,17,18). The Morgan fingerprint density at radius 2 is 2.15 bits per heavy atom. The minimum Gasteiger partial charge on any atom is -0.494 e. The van der Waals surface area contributed by atoms with E-state index >= 15 is 0 Å². The van der Waals surface area contributed by atoms with Crippen LogP contribution in [0.3, 0.4) is 0 Å². The highest BCUT2D eigenvalue weighted by molar-refractivity contribution is 5.96. The molecule has 0 radical (unpaired) electrons. The van der Waals surface area contributed by atoms with Gasteiger partial charge in [-0.2, -0.15) is 0 Å². The fraction of sp³-hybridized carbons (Fsp3) is 0.533. The number of carbonyl (C=O) groups excluding carboxylic acids is 1. The van der Waals surface area contributed by atoms with E-state index in [1.807, 2.05) is 26.0 Å². The lowest BCUT2D eigenvalue weighted by Gasteiger charge is -2.15. The molecule has 1 unspecified atom stereocenters. The van der Waals surface area contributed by atoms with Crippen LogP contribution in [0.1, 0.15) is 26.7 Å². The Labute approximate surface area is 119 Å². The average molecular weight is 278 g/mol. The van der Waals surface area contributed by atoms with E-state index in [4.69, 9.17) is 9.47 Å². The monoisotopic (exact) mass is 278 g/mol. The molecular weight excluding hydrogens is 256 g/mol. The molecule has 0 spiro atoms. The molecule has 2 rings (SSSR count). The molecule has 1 saturated heterocycles. The molecule has 0 aliphatic carbocycles. The van der Waals surface area contributed by atoms with Gasteiger partial charge in [-0.3, -0.25) is 4.79 Å². The van der Waals surface area contributed by atoms with Crippen LogP contribution in [0.4, 0.5) is 5.69 Å². The third-order valence-corrected chi connectivity index (χ3v) is 3.20. The van der Waals surface area contributed by atoms with Gasteiger partial charge in [0.1, 0.15) is 11.5 Å². The van der Waals surface area contributed by atoms with Gasteiger partial charge in [0.15, 0.2) is 0 Å². The second kappa shape index (κ2) is 7.14. The van der Waals surface area contributed by atoms with Gasteiger partial charge in [0.05, 0.1) is 24.9 Å². The van der Waals surface area contributed by atoms with E-state index in [1.54, 1.807) is 6.07 Å². The quantitative estimate of drug-likeness (QED) is 0.837. The maximum atomic E-state index is 12.2. The SMILES string of the molecule is CCOc1ccc(OCC)c(NC(=O)C2CCCN2)c1. The summed E-state index contributed by atoms with van der Waals surface area (Å²) in [7, 11) is 0. The molecule has 2 N–H and O–H groups in total. The van der Waals surface area contributed by atoms with Crippen LogP contribution in [-0.4, -0.2) is 31.7 Å². The molecule has 1 aliphatic rings. The molecule has 1 aliphatic heterocycles. The second-order valence-corrected chi connectivity index (χ2v) is 4.66. The van der Waals surface area contributed by atoms with Crippen LogP contribution in [0.15, 0.2) is 18.2 Å². The largest absolute Gasteiger partial charge is 0.494 e. The van der Waals surface area contributed by atoms with Gasteiger partial charge in [-0.05, 0) is 45.4 Å². The second-order valence-electron chi connectivity index (χ2n) is 4.66. The van der Waals surface area contributed by atoms with Gasteiger partial charge in [0.25, 0.3) is 0 Å².